The predicted octanol–water partition coefficient (Wildman–Crippen LogP) is 1.44. The van der Waals surface area contributed by atoms with Gasteiger partial charge in [0.25, 0.3) is 0 Å². The van der Waals surface area contributed by atoms with Crippen LogP contribution in [0.1, 0.15) is 18.3 Å². The van der Waals surface area contributed by atoms with Crippen LogP contribution in [0.25, 0.3) is 0 Å². The molecule has 0 bridgehead atoms. The van der Waals surface area contributed by atoms with Crippen molar-refractivity contribution in [1.29, 1.82) is 0 Å². The minimum Gasteiger partial charge on any atom is -0.327 e. The Morgan fingerprint density at radius 2 is 2.40 bits per heavy atom. The molecule has 0 amide bonds. The second-order valence-electron chi connectivity index (χ2n) is 4.26. The summed E-state index contributed by atoms with van der Waals surface area (Å²) in [7, 11) is 0. The second kappa shape index (κ2) is 4.58. The van der Waals surface area contributed by atoms with Crippen molar-refractivity contribution in [3.63, 3.8) is 0 Å². The molecule has 2 N–H and O–H groups in total. The van der Waals surface area contributed by atoms with Crippen LogP contribution in [0.15, 0.2) is 6.07 Å². The first-order valence-electron chi connectivity index (χ1n) is 5.57. The van der Waals surface area contributed by atoms with E-state index in [1.807, 2.05) is 11.8 Å². The maximum atomic E-state index is 6.07. The molecule has 4 heteroatoms. The van der Waals surface area contributed by atoms with E-state index in [9.17, 15) is 0 Å². The Labute approximate surface area is 95.4 Å². The van der Waals surface area contributed by atoms with E-state index < -0.39 is 0 Å². The Morgan fingerprint density at radius 1 is 1.60 bits per heavy atom. The van der Waals surface area contributed by atoms with Gasteiger partial charge in [0.05, 0.1) is 5.69 Å². The first kappa shape index (κ1) is 11.0. The molecule has 15 heavy (non-hydrogen) atoms. The fourth-order valence-corrected chi connectivity index (χ4v) is 3.48. The number of hydrogen-bond acceptors (Lipinski definition) is 3. The number of nitrogens with two attached hydrogens (primary N) is 1. The Morgan fingerprint density at radius 3 is 3.00 bits per heavy atom. The smallest absolute Gasteiger partial charge is 0.0596 e. The number of rotatable bonds is 3. The van der Waals surface area contributed by atoms with Crippen molar-refractivity contribution < 1.29 is 0 Å². The van der Waals surface area contributed by atoms with Crippen LogP contribution in [0.3, 0.4) is 0 Å². The lowest BCUT2D eigenvalue weighted by Gasteiger charge is -2.14. The highest BCUT2D eigenvalue weighted by atomic mass is 32.2. The molecule has 1 aliphatic heterocycles. The van der Waals surface area contributed by atoms with Gasteiger partial charge in [-0.05, 0) is 38.0 Å². The van der Waals surface area contributed by atoms with Crippen molar-refractivity contribution in [2.45, 2.75) is 32.9 Å². The molecule has 1 aromatic rings. The van der Waals surface area contributed by atoms with Crippen molar-refractivity contribution in [2.24, 2.45) is 11.7 Å². The second-order valence-corrected chi connectivity index (χ2v) is 5.33. The fraction of sp³-hybridized carbons (Fsp3) is 0.727. The van der Waals surface area contributed by atoms with Crippen LogP contribution in [-0.2, 0) is 13.0 Å². The Bertz CT molecular complexity index is 335. The highest BCUT2D eigenvalue weighted by molar-refractivity contribution is 7.99. The predicted molar refractivity (Wildman–Crippen MR) is 65.1 cm³/mol. The lowest BCUT2D eigenvalue weighted by Crippen LogP contribution is -2.30. The van der Waals surface area contributed by atoms with Gasteiger partial charge >= 0.3 is 0 Å². The molecule has 1 aromatic heterocycles. The van der Waals surface area contributed by atoms with E-state index in [1.54, 1.807) is 0 Å². The van der Waals surface area contributed by atoms with E-state index in [0.717, 1.165) is 24.4 Å². The third-order valence-electron chi connectivity index (χ3n) is 3.00. The normalized spacial score (nSPS) is 26.1. The van der Waals surface area contributed by atoms with Crippen molar-refractivity contribution in [1.82, 2.24) is 9.78 Å². The minimum absolute atomic E-state index is 0.371. The Balaban J connectivity index is 2.09. The van der Waals surface area contributed by atoms with E-state index in [2.05, 4.69) is 29.7 Å². The summed E-state index contributed by atoms with van der Waals surface area (Å²) in [5, 5.41) is 4.47. The highest BCUT2D eigenvalue weighted by Gasteiger charge is 2.25. The first-order chi connectivity index (χ1) is 7.20. The minimum atomic E-state index is 0.371. The monoisotopic (exact) mass is 225 g/mol. The van der Waals surface area contributed by atoms with Crippen molar-refractivity contribution in [2.75, 3.05) is 11.5 Å². The van der Waals surface area contributed by atoms with Gasteiger partial charge in [0.1, 0.15) is 0 Å². The third-order valence-corrected chi connectivity index (χ3v) is 4.29. The zero-order valence-electron chi connectivity index (χ0n) is 9.44. The molecule has 2 atom stereocenters. The van der Waals surface area contributed by atoms with Gasteiger partial charge in [-0.25, -0.2) is 0 Å². The molecule has 2 rings (SSSR count). The molecule has 2 heterocycles. The highest BCUT2D eigenvalue weighted by Crippen LogP contribution is 2.26. The molecule has 0 saturated carbocycles. The molecule has 0 spiro atoms. The topological polar surface area (TPSA) is 43.8 Å². The van der Waals surface area contributed by atoms with E-state index in [0.29, 0.717) is 12.0 Å². The average Bonchev–Trinajstić information content (AvgIpc) is 2.75. The van der Waals surface area contributed by atoms with Gasteiger partial charge in [0, 0.05) is 24.0 Å². The van der Waals surface area contributed by atoms with Crippen molar-refractivity contribution >= 4 is 11.8 Å². The zero-order chi connectivity index (χ0) is 10.8. The summed E-state index contributed by atoms with van der Waals surface area (Å²) >= 11 is 1.98. The molecule has 0 aromatic carbocycles. The van der Waals surface area contributed by atoms with Crippen LogP contribution in [-0.4, -0.2) is 27.3 Å². The molecular weight excluding hydrogens is 206 g/mol. The molecule has 2 unspecified atom stereocenters. The maximum absolute atomic E-state index is 6.07. The summed E-state index contributed by atoms with van der Waals surface area (Å²) in [6, 6.07) is 2.56. The summed E-state index contributed by atoms with van der Waals surface area (Å²) in [6.07, 6.45) is 1.09. The van der Waals surface area contributed by atoms with Gasteiger partial charge in [-0.2, -0.15) is 16.9 Å². The SMILES string of the molecule is CCn1nc(C)cc1CC1CSCC1N. The van der Waals surface area contributed by atoms with E-state index in [4.69, 9.17) is 5.73 Å². The zero-order valence-corrected chi connectivity index (χ0v) is 10.3. The van der Waals surface area contributed by atoms with E-state index in [1.165, 1.54) is 11.4 Å². The lowest BCUT2D eigenvalue weighted by molar-refractivity contribution is 0.487. The van der Waals surface area contributed by atoms with Crippen LogP contribution in [0.4, 0.5) is 0 Å². The number of nitrogens with zero attached hydrogens (tertiary/aromatic N) is 2. The maximum Gasteiger partial charge on any atom is 0.0596 e. The summed E-state index contributed by atoms with van der Waals surface area (Å²) in [6.45, 7) is 5.15. The first-order valence-corrected chi connectivity index (χ1v) is 6.72. The summed E-state index contributed by atoms with van der Waals surface area (Å²) < 4.78 is 2.10. The molecule has 3 nitrogen and oxygen atoms in total. The average molecular weight is 225 g/mol. The molecule has 0 radical (unpaired) electrons. The fourth-order valence-electron chi connectivity index (χ4n) is 2.13. The van der Waals surface area contributed by atoms with E-state index in [-0.39, 0.29) is 0 Å². The quantitative estimate of drug-likeness (QED) is 0.846. The third kappa shape index (κ3) is 2.37. The van der Waals surface area contributed by atoms with Crippen molar-refractivity contribution in [3.8, 4) is 0 Å². The Hall–Kier alpha value is -0.480. The van der Waals surface area contributed by atoms with E-state index >= 15 is 0 Å². The molecule has 1 saturated heterocycles. The summed E-state index contributed by atoms with van der Waals surface area (Å²) in [5.41, 5.74) is 8.54. The number of aromatic nitrogens is 2. The number of hydrogen-bond donors (Lipinski definition) is 1. The molecular formula is C11H19N3S. The van der Waals surface area contributed by atoms with Crippen LogP contribution in [0, 0.1) is 12.8 Å². The van der Waals surface area contributed by atoms with Gasteiger partial charge in [-0.1, -0.05) is 0 Å². The molecule has 1 aliphatic rings. The Kier molecular flexibility index (Phi) is 3.36. The molecule has 1 fully saturated rings. The number of aryl methyl sites for hydroxylation is 2. The summed E-state index contributed by atoms with van der Waals surface area (Å²) in [4.78, 5) is 0. The van der Waals surface area contributed by atoms with Gasteiger partial charge in [-0.15, -0.1) is 0 Å². The van der Waals surface area contributed by atoms with Crippen LogP contribution in [0.5, 0.6) is 0 Å². The molecule has 84 valence electrons. The van der Waals surface area contributed by atoms with Gasteiger partial charge in [0.15, 0.2) is 0 Å². The van der Waals surface area contributed by atoms with Gasteiger partial charge in [-0.3, -0.25) is 4.68 Å². The van der Waals surface area contributed by atoms with Gasteiger partial charge < -0.3 is 5.73 Å². The molecule has 0 aliphatic carbocycles. The lowest BCUT2D eigenvalue weighted by atomic mass is 9.98. The van der Waals surface area contributed by atoms with Crippen LogP contribution in [0.2, 0.25) is 0 Å². The van der Waals surface area contributed by atoms with Crippen molar-refractivity contribution in [3.05, 3.63) is 17.5 Å². The largest absolute Gasteiger partial charge is 0.327 e. The van der Waals surface area contributed by atoms with Gasteiger partial charge in [0.2, 0.25) is 0 Å². The van der Waals surface area contributed by atoms with Crippen LogP contribution >= 0.6 is 11.8 Å². The number of thioether (sulfide) groups is 1. The standard InChI is InChI=1S/C11H19N3S/c1-3-14-10(4-8(2)13-14)5-9-6-15-7-11(9)12/h4,9,11H,3,5-7,12H2,1-2H3. The van der Waals surface area contributed by atoms with Crippen LogP contribution < -0.4 is 5.73 Å². The summed E-state index contributed by atoms with van der Waals surface area (Å²) in [5.74, 6) is 2.95.